The molecule has 0 saturated carbocycles. The average molecular weight is 499 g/mol. The Balaban J connectivity index is 1.70. The quantitative estimate of drug-likeness (QED) is 0.232. The molecule has 3 rings (SSSR count). The number of carbonyl (C=O) groups excluding carboxylic acids is 1. The fraction of sp³-hybridized carbons (Fsp3) is 0.276. The summed E-state index contributed by atoms with van der Waals surface area (Å²) in [5.41, 5.74) is 8.71. The molecule has 0 unspecified atom stereocenters. The second kappa shape index (κ2) is 13.5. The van der Waals surface area contributed by atoms with Crippen molar-refractivity contribution in [2.75, 3.05) is 23.9 Å². The van der Waals surface area contributed by atoms with Crippen molar-refractivity contribution >= 4 is 17.8 Å². The minimum Gasteiger partial charge on any atom is -0.490 e. The normalized spacial score (nSPS) is 13.6. The molecule has 0 fully saturated rings. The molecule has 192 valence electrons. The van der Waals surface area contributed by atoms with Gasteiger partial charge in [0.05, 0.1) is 35.8 Å². The molecule has 0 bridgehead atoms. The Morgan fingerprint density at radius 1 is 1.32 bits per heavy atom. The van der Waals surface area contributed by atoms with Gasteiger partial charge in [-0.3, -0.25) is 14.5 Å². The fourth-order valence-corrected chi connectivity index (χ4v) is 3.82. The summed E-state index contributed by atoms with van der Waals surface area (Å²) in [5, 5.41) is 16.1. The van der Waals surface area contributed by atoms with Gasteiger partial charge in [0.1, 0.15) is 18.1 Å². The Hall–Kier alpha value is -4.51. The standard InChI is InChI=1S/C29H34N6O2/c1-5-8-9-15-37-24-12-10-22(11-13-24)18-32-26-16-28-21(4)27(20-35(28)33-19-23(26)17-30)34-29(36)25(7-3)31-14-6-2/h6-14,20,32-33H,2,5,15-16,18-19H2,1,3-4H3,(H,34,36)/b9-8-,25-7-,31-14?. The zero-order valence-electron chi connectivity index (χ0n) is 21.7. The van der Waals surface area contributed by atoms with Crippen LogP contribution < -0.4 is 20.8 Å². The lowest BCUT2D eigenvalue weighted by Gasteiger charge is -2.13. The molecule has 1 aliphatic heterocycles. The summed E-state index contributed by atoms with van der Waals surface area (Å²) in [7, 11) is 0. The zero-order valence-corrected chi connectivity index (χ0v) is 21.7. The summed E-state index contributed by atoms with van der Waals surface area (Å²) < 4.78 is 7.59. The number of nitriles is 1. The first-order chi connectivity index (χ1) is 18.0. The molecule has 1 amide bonds. The van der Waals surface area contributed by atoms with E-state index in [0.29, 0.717) is 43.1 Å². The Bertz CT molecular complexity index is 1270. The van der Waals surface area contributed by atoms with Gasteiger partial charge in [0.15, 0.2) is 0 Å². The van der Waals surface area contributed by atoms with Crippen molar-refractivity contribution in [1.29, 1.82) is 5.26 Å². The van der Waals surface area contributed by atoms with Crippen molar-refractivity contribution < 1.29 is 9.53 Å². The number of aromatic nitrogens is 1. The van der Waals surface area contributed by atoms with Gasteiger partial charge >= 0.3 is 0 Å². The number of rotatable bonds is 11. The van der Waals surface area contributed by atoms with Crippen LogP contribution in [0.5, 0.6) is 5.75 Å². The van der Waals surface area contributed by atoms with Crippen LogP contribution in [-0.2, 0) is 17.8 Å². The van der Waals surface area contributed by atoms with E-state index < -0.39 is 0 Å². The number of anilines is 1. The van der Waals surface area contributed by atoms with Crippen molar-refractivity contribution in [2.45, 2.75) is 40.2 Å². The first-order valence-electron chi connectivity index (χ1n) is 12.3. The maximum atomic E-state index is 12.7. The maximum absolute atomic E-state index is 12.7. The van der Waals surface area contributed by atoms with Crippen LogP contribution in [0.4, 0.5) is 5.69 Å². The van der Waals surface area contributed by atoms with Gasteiger partial charge in [-0.05, 0) is 43.5 Å². The number of fused-ring (bicyclic) bond motifs is 1. The first kappa shape index (κ1) is 27.1. The summed E-state index contributed by atoms with van der Waals surface area (Å²) in [6.07, 6.45) is 12.1. The highest BCUT2D eigenvalue weighted by Gasteiger charge is 2.21. The van der Waals surface area contributed by atoms with E-state index in [-0.39, 0.29) is 5.91 Å². The molecular formula is C29H34N6O2. The highest BCUT2D eigenvalue weighted by atomic mass is 16.5. The van der Waals surface area contributed by atoms with Crippen LogP contribution in [0.3, 0.4) is 0 Å². The molecule has 0 radical (unpaired) electrons. The Kier molecular flexibility index (Phi) is 9.91. The van der Waals surface area contributed by atoms with Crippen LogP contribution in [0, 0.1) is 18.3 Å². The molecule has 0 saturated heterocycles. The van der Waals surface area contributed by atoms with E-state index in [9.17, 15) is 10.1 Å². The number of hydrogen-bond acceptors (Lipinski definition) is 6. The molecule has 8 nitrogen and oxygen atoms in total. The van der Waals surface area contributed by atoms with Crippen LogP contribution in [0.25, 0.3) is 0 Å². The Morgan fingerprint density at radius 3 is 2.78 bits per heavy atom. The molecule has 0 aliphatic carbocycles. The molecular weight excluding hydrogens is 464 g/mol. The summed E-state index contributed by atoms with van der Waals surface area (Å²) in [5.74, 6) is 0.518. The first-order valence-corrected chi connectivity index (χ1v) is 12.3. The van der Waals surface area contributed by atoms with E-state index >= 15 is 0 Å². The molecule has 1 aromatic heterocycles. The lowest BCUT2D eigenvalue weighted by atomic mass is 10.1. The molecule has 8 heteroatoms. The van der Waals surface area contributed by atoms with Gasteiger partial charge in [0, 0.05) is 24.9 Å². The summed E-state index contributed by atoms with van der Waals surface area (Å²) in [4.78, 5) is 16.8. The van der Waals surface area contributed by atoms with Crippen molar-refractivity contribution in [2.24, 2.45) is 4.99 Å². The van der Waals surface area contributed by atoms with Crippen LogP contribution >= 0.6 is 0 Å². The largest absolute Gasteiger partial charge is 0.490 e. The van der Waals surface area contributed by atoms with Crippen molar-refractivity contribution in [3.63, 3.8) is 0 Å². The van der Waals surface area contributed by atoms with Crippen LogP contribution in [0.1, 0.15) is 37.1 Å². The van der Waals surface area contributed by atoms with Gasteiger partial charge in [-0.25, -0.2) is 0 Å². The predicted molar refractivity (Wildman–Crippen MR) is 149 cm³/mol. The van der Waals surface area contributed by atoms with E-state index in [2.05, 4.69) is 46.7 Å². The highest BCUT2D eigenvalue weighted by molar-refractivity contribution is 6.05. The number of benzene rings is 1. The summed E-state index contributed by atoms with van der Waals surface area (Å²) >= 11 is 0. The second-order valence-electron chi connectivity index (χ2n) is 8.40. The molecule has 37 heavy (non-hydrogen) atoms. The Morgan fingerprint density at radius 2 is 2.11 bits per heavy atom. The molecule has 1 aromatic carbocycles. The van der Waals surface area contributed by atoms with Gasteiger partial charge in [-0.2, -0.15) is 5.26 Å². The van der Waals surface area contributed by atoms with E-state index in [4.69, 9.17) is 4.74 Å². The molecule has 2 aromatic rings. The van der Waals surface area contributed by atoms with Crippen LogP contribution in [0.15, 0.2) is 83.3 Å². The second-order valence-corrected chi connectivity index (χ2v) is 8.40. The third-order valence-electron chi connectivity index (χ3n) is 5.91. The Labute approximate surface area is 218 Å². The summed E-state index contributed by atoms with van der Waals surface area (Å²) in [6, 6.07) is 10.3. The number of allylic oxidation sites excluding steroid dienone is 4. The van der Waals surface area contributed by atoms with E-state index in [1.807, 2.05) is 48.1 Å². The number of hydrogen-bond donors (Lipinski definition) is 3. The monoisotopic (exact) mass is 498 g/mol. The van der Waals surface area contributed by atoms with Gasteiger partial charge in [-0.1, -0.05) is 49.9 Å². The molecule has 0 atom stereocenters. The number of amides is 1. The van der Waals surface area contributed by atoms with Gasteiger partial charge in [-0.15, -0.1) is 0 Å². The molecule has 2 heterocycles. The molecule has 0 spiro atoms. The lowest BCUT2D eigenvalue weighted by Crippen LogP contribution is -2.18. The number of nitrogens with zero attached hydrogens (tertiary/aromatic N) is 3. The van der Waals surface area contributed by atoms with Crippen LogP contribution in [0.2, 0.25) is 0 Å². The fourth-order valence-electron chi connectivity index (χ4n) is 3.82. The van der Waals surface area contributed by atoms with E-state index in [1.165, 1.54) is 12.3 Å². The SMILES string of the molecule is C=CC=N/C(=C\C)C(=O)Nc1cn2c(c1C)CC(NCc1ccc(OC/C=C\CC)cc1)=C(C#N)CN2. The van der Waals surface area contributed by atoms with Crippen molar-refractivity contribution in [3.8, 4) is 11.8 Å². The highest BCUT2D eigenvalue weighted by Crippen LogP contribution is 2.26. The van der Waals surface area contributed by atoms with E-state index in [0.717, 1.165) is 34.7 Å². The van der Waals surface area contributed by atoms with Gasteiger partial charge in [0.25, 0.3) is 5.91 Å². The number of ether oxygens (including phenoxy) is 1. The third kappa shape index (κ3) is 7.24. The number of carbonyl (C=O) groups is 1. The lowest BCUT2D eigenvalue weighted by molar-refractivity contribution is -0.112. The molecule has 1 aliphatic rings. The summed E-state index contributed by atoms with van der Waals surface area (Å²) in [6.45, 7) is 10.9. The topological polar surface area (TPSA) is 103 Å². The van der Waals surface area contributed by atoms with Gasteiger partial charge < -0.3 is 20.8 Å². The van der Waals surface area contributed by atoms with E-state index in [1.54, 1.807) is 13.0 Å². The minimum absolute atomic E-state index is 0.301. The average Bonchev–Trinajstić information content (AvgIpc) is 3.08. The predicted octanol–water partition coefficient (Wildman–Crippen LogP) is 4.91. The van der Waals surface area contributed by atoms with Gasteiger partial charge in [0.2, 0.25) is 0 Å². The third-order valence-corrected chi connectivity index (χ3v) is 5.91. The minimum atomic E-state index is -0.301. The maximum Gasteiger partial charge on any atom is 0.273 e. The van der Waals surface area contributed by atoms with Crippen molar-refractivity contribution in [1.82, 2.24) is 9.99 Å². The molecule has 3 N–H and O–H groups in total. The van der Waals surface area contributed by atoms with Crippen LogP contribution in [-0.4, -0.2) is 29.9 Å². The zero-order chi connectivity index (χ0) is 26.6. The van der Waals surface area contributed by atoms with Crippen molar-refractivity contribution in [3.05, 3.63) is 95.1 Å². The smallest absolute Gasteiger partial charge is 0.273 e. The number of aliphatic imine (C=N–C) groups is 1. The number of nitrogens with one attached hydrogen (secondary N) is 3.